The Bertz CT molecular complexity index is 618. The van der Waals surface area contributed by atoms with Crippen LogP contribution in [0.2, 0.25) is 0 Å². The van der Waals surface area contributed by atoms with Gasteiger partial charge in [-0.2, -0.15) is 13.2 Å². The van der Waals surface area contributed by atoms with E-state index in [-0.39, 0.29) is 12.7 Å². The van der Waals surface area contributed by atoms with Crippen LogP contribution in [-0.4, -0.2) is 57.8 Å². The van der Waals surface area contributed by atoms with Gasteiger partial charge < -0.3 is 24.8 Å². The van der Waals surface area contributed by atoms with Gasteiger partial charge in [-0.05, 0) is 37.3 Å². The number of nitrogens with zero attached hydrogens (tertiary/aromatic N) is 1. The van der Waals surface area contributed by atoms with Crippen LogP contribution in [0.4, 0.5) is 13.2 Å². The van der Waals surface area contributed by atoms with Crippen molar-refractivity contribution in [3.05, 3.63) is 35.4 Å². The van der Waals surface area contributed by atoms with Crippen molar-refractivity contribution >= 4 is 5.96 Å². The Morgan fingerprint density at radius 1 is 1.17 bits per heavy atom. The lowest BCUT2D eigenvalue weighted by molar-refractivity contribution is -0.176. The maximum atomic E-state index is 12.1. The monoisotopic (exact) mass is 431 g/mol. The van der Waals surface area contributed by atoms with Crippen LogP contribution in [-0.2, 0) is 27.4 Å². The number of hydrogen-bond acceptors (Lipinski definition) is 4. The first-order valence-corrected chi connectivity index (χ1v) is 10.4. The van der Waals surface area contributed by atoms with E-state index >= 15 is 0 Å². The van der Waals surface area contributed by atoms with E-state index in [9.17, 15) is 13.2 Å². The number of guanidine groups is 1. The lowest BCUT2D eigenvalue weighted by Crippen LogP contribution is -2.38. The fourth-order valence-electron chi connectivity index (χ4n) is 2.91. The molecule has 1 unspecified atom stereocenters. The Hall–Kier alpha value is -1.84. The normalized spacial score (nSPS) is 17.3. The summed E-state index contributed by atoms with van der Waals surface area (Å²) in [4.78, 5) is 4.54. The summed E-state index contributed by atoms with van der Waals surface area (Å²) in [6.45, 7) is 4.82. The molecule has 1 aromatic rings. The molecule has 1 heterocycles. The van der Waals surface area contributed by atoms with Gasteiger partial charge >= 0.3 is 6.18 Å². The molecule has 1 aromatic carbocycles. The van der Waals surface area contributed by atoms with E-state index in [4.69, 9.17) is 9.47 Å². The van der Waals surface area contributed by atoms with Crippen molar-refractivity contribution in [2.45, 2.75) is 51.6 Å². The summed E-state index contributed by atoms with van der Waals surface area (Å²) in [7, 11) is 0. The van der Waals surface area contributed by atoms with Crippen molar-refractivity contribution in [1.82, 2.24) is 10.6 Å². The van der Waals surface area contributed by atoms with Gasteiger partial charge in [0, 0.05) is 26.3 Å². The summed E-state index contributed by atoms with van der Waals surface area (Å²) in [5.41, 5.74) is 1.66. The molecule has 1 aliphatic heterocycles. The number of aliphatic imine (C=N–C) groups is 1. The smallest absolute Gasteiger partial charge is 0.379 e. The first-order valence-electron chi connectivity index (χ1n) is 10.4. The maximum Gasteiger partial charge on any atom is 0.411 e. The van der Waals surface area contributed by atoms with Crippen LogP contribution < -0.4 is 10.6 Å². The molecular formula is C21H32F3N3O3. The Morgan fingerprint density at radius 3 is 2.60 bits per heavy atom. The van der Waals surface area contributed by atoms with Gasteiger partial charge in [0.15, 0.2) is 5.96 Å². The Balaban J connectivity index is 1.66. The van der Waals surface area contributed by atoms with Gasteiger partial charge in [-0.1, -0.05) is 24.3 Å². The average Bonchev–Trinajstić information content (AvgIpc) is 3.22. The van der Waals surface area contributed by atoms with Crippen molar-refractivity contribution in [1.29, 1.82) is 0 Å². The SMILES string of the molecule is CCNC(=NCc1ccc(COCC(F)(F)F)cc1)NCCCOCC1CCCO1. The van der Waals surface area contributed by atoms with E-state index in [0.717, 1.165) is 44.5 Å². The molecule has 2 rings (SSSR count). The van der Waals surface area contributed by atoms with Crippen LogP contribution in [0.1, 0.15) is 37.3 Å². The maximum absolute atomic E-state index is 12.1. The van der Waals surface area contributed by atoms with Gasteiger partial charge in [-0.3, -0.25) is 0 Å². The van der Waals surface area contributed by atoms with Crippen molar-refractivity contribution in [2.75, 3.05) is 39.5 Å². The number of hydrogen-bond donors (Lipinski definition) is 2. The Labute approximate surface area is 176 Å². The average molecular weight is 431 g/mol. The standard InChI is InChI=1S/C21H32F3N3O3/c1-2-25-20(26-10-4-11-28-15-19-5-3-12-30-19)27-13-17-6-8-18(9-7-17)14-29-16-21(22,23)24/h6-9,19H,2-5,10-16H2,1H3,(H2,25,26,27). The summed E-state index contributed by atoms with van der Waals surface area (Å²) in [5.74, 6) is 0.717. The van der Waals surface area contributed by atoms with Crippen molar-refractivity contribution in [2.24, 2.45) is 4.99 Å². The molecule has 0 spiro atoms. The van der Waals surface area contributed by atoms with E-state index in [0.29, 0.717) is 31.3 Å². The molecule has 1 saturated heterocycles. The third-order valence-corrected chi connectivity index (χ3v) is 4.41. The number of halogens is 3. The predicted octanol–water partition coefficient (Wildman–Crippen LogP) is 3.41. The van der Waals surface area contributed by atoms with Crippen LogP contribution in [0.5, 0.6) is 0 Å². The highest BCUT2D eigenvalue weighted by Gasteiger charge is 2.27. The predicted molar refractivity (Wildman–Crippen MR) is 109 cm³/mol. The largest absolute Gasteiger partial charge is 0.411 e. The molecule has 1 fully saturated rings. The number of rotatable bonds is 12. The van der Waals surface area contributed by atoms with E-state index in [1.54, 1.807) is 12.1 Å². The van der Waals surface area contributed by atoms with Crippen molar-refractivity contribution in [3.8, 4) is 0 Å². The highest BCUT2D eigenvalue weighted by molar-refractivity contribution is 5.79. The van der Waals surface area contributed by atoms with Crippen molar-refractivity contribution in [3.63, 3.8) is 0 Å². The molecule has 0 aromatic heterocycles. The minimum Gasteiger partial charge on any atom is -0.379 e. The molecule has 170 valence electrons. The van der Waals surface area contributed by atoms with Crippen molar-refractivity contribution < 1.29 is 27.4 Å². The Morgan fingerprint density at radius 2 is 1.93 bits per heavy atom. The zero-order valence-electron chi connectivity index (χ0n) is 17.5. The van der Waals surface area contributed by atoms with E-state index in [1.165, 1.54) is 0 Å². The zero-order valence-corrected chi connectivity index (χ0v) is 17.5. The molecule has 30 heavy (non-hydrogen) atoms. The number of nitrogens with one attached hydrogen (secondary N) is 2. The van der Waals surface area contributed by atoms with Crippen LogP contribution in [0.15, 0.2) is 29.3 Å². The lowest BCUT2D eigenvalue weighted by atomic mass is 10.1. The minimum atomic E-state index is -4.30. The quantitative estimate of drug-likeness (QED) is 0.302. The Kier molecular flexibility index (Phi) is 11.0. The molecule has 0 radical (unpaired) electrons. The summed E-state index contributed by atoms with van der Waals surface area (Å²) in [5, 5.41) is 6.47. The second-order valence-corrected chi connectivity index (χ2v) is 7.11. The van der Waals surface area contributed by atoms with Gasteiger partial charge in [0.2, 0.25) is 0 Å². The molecule has 1 aliphatic rings. The van der Waals surface area contributed by atoms with Crippen LogP contribution >= 0.6 is 0 Å². The summed E-state index contributed by atoms with van der Waals surface area (Å²) in [6, 6.07) is 7.20. The molecule has 0 saturated carbocycles. The second kappa shape index (κ2) is 13.5. The summed E-state index contributed by atoms with van der Waals surface area (Å²) >= 11 is 0. The summed E-state index contributed by atoms with van der Waals surface area (Å²) in [6.07, 6.45) is -0.992. The van der Waals surface area contributed by atoms with Gasteiger partial charge in [-0.15, -0.1) is 0 Å². The summed E-state index contributed by atoms with van der Waals surface area (Å²) < 4.78 is 52.2. The third kappa shape index (κ3) is 10.8. The van der Waals surface area contributed by atoms with E-state index < -0.39 is 12.8 Å². The van der Waals surface area contributed by atoms with Gasteiger partial charge in [0.05, 0.1) is 25.9 Å². The fourth-order valence-corrected chi connectivity index (χ4v) is 2.91. The van der Waals surface area contributed by atoms with Gasteiger partial charge in [-0.25, -0.2) is 4.99 Å². The highest BCUT2D eigenvalue weighted by Crippen LogP contribution is 2.16. The third-order valence-electron chi connectivity index (χ3n) is 4.41. The van der Waals surface area contributed by atoms with Crippen LogP contribution in [0, 0.1) is 0 Å². The van der Waals surface area contributed by atoms with Gasteiger partial charge in [0.25, 0.3) is 0 Å². The second-order valence-electron chi connectivity index (χ2n) is 7.11. The number of alkyl halides is 3. The molecule has 6 nitrogen and oxygen atoms in total. The van der Waals surface area contributed by atoms with Crippen LogP contribution in [0.3, 0.4) is 0 Å². The van der Waals surface area contributed by atoms with E-state index in [1.807, 2.05) is 19.1 Å². The molecule has 9 heteroatoms. The number of ether oxygens (including phenoxy) is 3. The minimum absolute atomic E-state index is 0.0673. The van der Waals surface area contributed by atoms with E-state index in [2.05, 4.69) is 20.4 Å². The first kappa shape index (κ1) is 24.4. The molecular weight excluding hydrogens is 399 g/mol. The molecule has 0 amide bonds. The zero-order chi connectivity index (χ0) is 21.7. The highest BCUT2D eigenvalue weighted by atomic mass is 19.4. The topological polar surface area (TPSA) is 64.1 Å². The molecule has 1 atom stereocenters. The fraction of sp³-hybridized carbons (Fsp3) is 0.667. The van der Waals surface area contributed by atoms with Gasteiger partial charge in [0.1, 0.15) is 6.61 Å². The molecule has 2 N–H and O–H groups in total. The van der Waals surface area contributed by atoms with Crippen LogP contribution in [0.25, 0.3) is 0 Å². The number of benzene rings is 1. The molecule has 0 aliphatic carbocycles. The lowest BCUT2D eigenvalue weighted by Gasteiger charge is -2.13. The molecule has 0 bridgehead atoms. The first-order chi connectivity index (χ1) is 14.5.